The highest BCUT2D eigenvalue weighted by Crippen LogP contribution is 2.65. The summed E-state index contributed by atoms with van der Waals surface area (Å²) in [5, 5.41) is 11.0. The fourth-order valence-electron chi connectivity index (χ4n) is 11.3. The van der Waals surface area contributed by atoms with Crippen molar-refractivity contribution in [1.29, 1.82) is 0 Å². The van der Waals surface area contributed by atoms with Gasteiger partial charge in [0.2, 0.25) is 0 Å². The Bertz CT molecular complexity index is 3790. The second-order valence-corrected chi connectivity index (χ2v) is 16.5. The van der Waals surface area contributed by atoms with E-state index in [2.05, 4.69) is 194 Å². The Morgan fingerprint density at radius 1 is 0.333 bits per heavy atom. The molecule has 12 aromatic rings. The molecule has 2 aliphatic rings. The maximum Gasteiger partial charge on any atom is 0.136 e. The van der Waals surface area contributed by atoms with Crippen molar-refractivity contribution in [2.24, 2.45) is 0 Å². The average molecular weight is 760 g/mol. The fraction of sp³-hybridized carbons (Fsp3) is 0.0172. The predicted molar refractivity (Wildman–Crippen MR) is 249 cm³/mol. The van der Waals surface area contributed by atoms with E-state index in [9.17, 15) is 0 Å². The third-order valence-corrected chi connectivity index (χ3v) is 13.7. The van der Waals surface area contributed by atoms with Gasteiger partial charge in [-0.2, -0.15) is 0 Å². The molecule has 0 amide bonds. The van der Waals surface area contributed by atoms with E-state index in [0.29, 0.717) is 0 Å². The fourth-order valence-corrected chi connectivity index (χ4v) is 11.3. The van der Waals surface area contributed by atoms with E-state index in [1.54, 1.807) is 0 Å². The molecule has 14 rings (SSSR count). The van der Waals surface area contributed by atoms with Gasteiger partial charge in [-0.05, 0) is 142 Å². The summed E-state index contributed by atoms with van der Waals surface area (Å²) in [7, 11) is 0. The van der Waals surface area contributed by atoms with Gasteiger partial charge in [0.15, 0.2) is 0 Å². The molecule has 1 unspecified atom stereocenters. The SMILES string of the molecule is c1ccc2c(c1)-c1cc3oc4ccccc4c3cc1C21c2cc(-c3c4ccccc4c(-c4ccc5ccccc5c4)c4ccccc34)ccc2-c2c1ccc1ncccc21. The van der Waals surface area contributed by atoms with Gasteiger partial charge in [-0.15, -0.1) is 0 Å². The molecule has 2 heteroatoms. The van der Waals surface area contributed by atoms with Crippen LogP contribution >= 0.6 is 0 Å². The van der Waals surface area contributed by atoms with Crippen molar-refractivity contribution in [3.05, 3.63) is 223 Å². The molecule has 0 bridgehead atoms. The summed E-state index contributed by atoms with van der Waals surface area (Å²) in [6.07, 6.45) is 1.90. The summed E-state index contributed by atoms with van der Waals surface area (Å²) in [5.41, 5.74) is 17.4. The van der Waals surface area contributed by atoms with Crippen molar-refractivity contribution in [2.45, 2.75) is 5.41 Å². The van der Waals surface area contributed by atoms with Gasteiger partial charge in [0.05, 0.1) is 10.9 Å². The van der Waals surface area contributed by atoms with Crippen LogP contribution in [0.3, 0.4) is 0 Å². The summed E-state index contributed by atoms with van der Waals surface area (Å²) in [6, 6.07) is 72.0. The Hall–Kier alpha value is -7.81. The number of aromatic nitrogens is 1. The first-order valence-corrected chi connectivity index (χ1v) is 20.8. The predicted octanol–water partition coefficient (Wildman–Crippen LogP) is 15.3. The number of hydrogen-bond donors (Lipinski definition) is 0. The molecule has 60 heavy (non-hydrogen) atoms. The minimum absolute atomic E-state index is 0.570. The first-order valence-electron chi connectivity index (χ1n) is 20.8. The maximum absolute atomic E-state index is 6.55. The van der Waals surface area contributed by atoms with Crippen LogP contribution in [0, 0.1) is 0 Å². The molecule has 2 aliphatic carbocycles. The van der Waals surface area contributed by atoms with Crippen LogP contribution in [0.25, 0.3) is 110 Å². The van der Waals surface area contributed by atoms with Crippen LogP contribution in [-0.4, -0.2) is 4.98 Å². The molecule has 0 saturated heterocycles. The second kappa shape index (κ2) is 11.7. The average Bonchev–Trinajstić information content (AvgIpc) is 3.93. The van der Waals surface area contributed by atoms with Crippen LogP contribution in [0.15, 0.2) is 205 Å². The molecule has 10 aromatic carbocycles. The zero-order chi connectivity index (χ0) is 39.1. The maximum atomic E-state index is 6.55. The first-order chi connectivity index (χ1) is 29.8. The molecular weight excluding hydrogens is 727 g/mol. The topological polar surface area (TPSA) is 26.0 Å². The lowest BCUT2D eigenvalue weighted by atomic mass is 9.70. The number of fused-ring (bicyclic) bond motifs is 18. The minimum atomic E-state index is -0.570. The summed E-state index contributed by atoms with van der Waals surface area (Å²) in [5.74, 6) is 0. The lowest BCUT2D eigenvalue weighted by molar-refractivity contribution is 0.669. The molecule has 0 N–H and O–H groups in total. The monoisotopic (exact) mass is 759 g/mol. The third kappa shape index (κ3) is 4.05. The van der Waals surface area contributed by atoms with Crippen molar-refractivity contribution < 1.29 is 4.42 Å². The summed E-state index contributed by atoms with van der Waals surface area (Å²) < 4.78 is 6.55. The van der Waals surface area contributed by atoms with Gasteiger partial charge >= 0.3 is 0 Å². The van der Waals surface area contributed by atoms with Crippen molar-refractivity contribution in [2.75, 3.05) is 0 Å². The number of rotatable bonds is 2. The molecule has 1 atom stereocenters. The minimum Gasteiger partial charge on any atom is -0.456 e. The standard InChI is InChI=1S/C58H33NO/c1-2-13-35-30-36(24-23-34(35)12-1)55-40-16-3-5-18-42(40)56(43-19-6-4-17-41(43)55)37-25-26-44-50(31-37)58(49-27-28-52-45(57(44)49)20-11-29-59-52)48-21-9-7-14-38(48)46-33-54-47(32-51(46)58)39-15-8-10-22-53(39)60-54/h1-33H. The highest BCUT2D eigenvalue weighted by molar-refractivity contribution is 6.22. The molecular formula is C58H33NO. The molecule has 276 valence electrons. The number of pyridine rings is 1. The van der Waals surface area contributed by atoms with E-state index in [1.165, 1.54) is 104 Å². The van der Waals surface area contributed by atoms with Gasteiger partial charge < -0.3 is 4.42 Å². The smallest absolute Gasteiger partial charge is 0.136 e. The second-order valence-electron chi connectivity index (χ2n) is 16.5. The van der Waals surface area contributed by atoms with Gasteiger partial charge in [-0.25, -0.2) is 0 Å². The van der Waals surface area contributed by atoms with Crippen molar-refractivity contribution >= 4 is 65.2 Å². The highest BCUT2D eigenvalue weighted by Gasteiger charge is 2.52. The Morgan fingerprint density at radius 2 is 0.967 bits per heavy atom. The van der Waals surface area contributed by atoms with Crippen LogP contribution in [0.2, 0.25) is 0 Å². The number of nitrogens with zero attached hydrogens (tertiary/aromatic N) is 1. The largest absolute Gasteiger partial charge is 0.456 e. The normalized spacial score (nSPS) is 15.1. The van der Waals surface area contributed by atoms with Gasteiger partial charge in [-0.3, -0.25) is 4.98 Å². The third-order valence-electron chi connectivity index (χ3n) is 13.7. The number of hydrogen-bond acceptors (Lipinski definition) is 2. The van der Waals surface area contributed by atoms with E-state index in [-0.39, 0.29) is 0 Å². The summed E-state index contributed by atoms with van der Waals surface area (Å²) in [6.45, 7) is 0. The quantitative estimate of drug-likeness (QED) is 0.164. The zero-order valence-electron chi connectivity index (χ0n) is 32.4. The van der Waals surface area contributed by atoms with Crippen molar-refractivity contribution in [1.82, 2.24) is 4.98 Å². The van der Waals surface area contributed by atoms with Crippen molar-refractivity contribution in [3.63, 3.8) is 0 Å². The highest BCUT2D eigenvalue weighted by atomic mass is 16.3. The summed E-state index contributed by atoms with van der Waals surface area (Å²) >= 11 is 0. The summed E-state index contributed by atoms with van der Waals surface area (Å²) in [4.78, 5) is 4.87. The number of para-hydroxylation sites is 1. The van der Waals surface area contributed by atoms with Crippen LogP contribution < -0.4 is 0 Å². The van der Waals surface area contributed by atoms with Gasteiger partial charge in [-0.1, -0.05) is 152 Å². The van der Waals surface area contributed by atoms with Gasteiger partial charge in [0.1, 0.15) is 11.2 Å². The molecule has 0 fully saturated rings. The Balaban J connectivity index is 1.11. The zero-order valence-corrected chi connectivity index (χ0v) is 32.4. The molecule has 2 aromatic heterocycles. The van der Waals surface area contributed by atoms with E-state index in [0.717, 1.165) is 27.5 Å². The molecule has 0 aliphatic heterocycles. The Morgan fingerprint density at radius 3 is 1.77 bits per heavy atom. The number of furan rings is 1. The number of benzene rings is 10. The Kier molecular flexibility index (Phi) is 6.25. The van der Waals surface area contributed by atoms with Crippen LogP contribution in [0.4, 0.5) is 0 Å². The van der Waals surface area contributed by atoms with Crippen LogP contribution in [-0.2, 0) is 5.41 Å². The molecule has 0 radical (unpaired) electrons. The molecule has 2 nitrogen and oxygen atoms in total. The van der Waals surface area contributed by atoms with Gasteiger partial charge in [0.25, 0.3) is 0 Å². The van der Waals surface area contributed by atoms with Crippen LogP contribution in [0.5, 0.6) is 0 Å². The molecule has 2 heterocycles. The van der Waals surface area contributed by atoms with E-state index < -0.39 is 5.41 Å². The Labute approximate surface area is 345 Å². The lowest BCUT2D eigenvalue weighted by Gasteiger charge is -2.31. The first kappa shape index (κ1) is 32.2. The van der Waals surface area contributed by atoms with Gasteiger partial charge in [0, 0.05) is 22.4 Å². The lowest BCUT2D eigenvalue weighted by Crippen LogP contribution is -2.26. The van der Waals surface area contributed by atoms with Crippen LogP contribution in [0.1, 0.15) is 22.3 Å². The molecule has 1 spiro atoms. The molecule has 0 saturated carbocycles. The van der Waals surface area contributed by atoms with E-state index >= 15 is 0 Å². The van der Waals surface area contributed by atoms with Crippen molar-refractivity contribution in [3.8, 4) is 44.5 Å². The van der Waals surface area contributed by atoms with E-state index in [4.69, 9.17) is 9.40 Å². The van der Waals surface area contributed by atoms with E-state index in [1.807, 2.05) is 6.20 Å².